The first-order chi connectivity index (χ1) is 10.8. The van der Waals surface area contributed by atoms with Crippen molar-refractivity contribution in [3.63, 3.8) is 0 Å². The van der Waals surface area contributed by atoms with Gasteiger partial charge in [-0.05, 0) is 18.8 Å². The van der Waals surface area contributed by atoms with Crippen LogP contribution < -0.4 is 0 Å². The zero-order chi connectivity index (χ0) is 17.0. The van der Waals surface area contributed by atoms with E-state index in [0.29, 0.717) is 12.3 Å². The van der Waals surface area contributed by atoms with Crippen LogP contribution in [0.15, 0.2) is 0 Å². The fraction of sp³-hybridized carbons (Fsp3) is 0.875. The molecule has 132 valence electrons. The van der Waals surface area contributed by atoms with Crippen LogP contribution in [0.25, 0.3) is 0 Å². The highest BCUT2D eigenvalue weighted by molar-refractivity contribution is 5.79. The summed E-state index contributed by atoms with van der Waals surface area (Å²) in [6, 6.07) is 0. The molecule has 2 aliphatic rings. The van der Waals surface area contributed by atoms with E-state index in [0.717, 1.165) is 11.3 Å². The van der Waals surface area contributed by atoms with Gasteiger partial charge in [0.25, 0.3) is 0 Å². The average Bonchev–Trinajstić information content (AvgIpc) is 2.94. The highest BCUT2D eigenvalue weighted by atomic mass is 19.4. The van der Waals surface area contributed by atoms with E-state index >= 15 is 0 Å². The Bertz CT molecular complexity index is 433. The molecule has 1 aliphatic carbocycles. The van der Waals surface area contributed by atoms with Crippen LogP contribution in [-0.2, 0) is 9.59 Å². The van der Waals surface area contributed by atoms with Crippen LogP contribution in [0.3, 0.4) is 0 Å². The summed E-state index contributed by atoms with van der Waals surface area (Å²) in [7, 11) is 0. The number of amides is 1. The van der Waals surface area contributed by atoms with Gasteiger partial charge in [-0.15, -0.1) is 0 Å². The maximum absolute atomic E-state index is 12.9. The predicted octanol–water partition coefficient (Wildman–Crippen LogP) is 3.46. The lowest BCUT2D eigenvalue weighted by atomic mass is 9.86. The van der Waals surface area contributed by atoms with Crippen LogP contribution >= 0.6 is 0 Å². The first kappa shape index (κ1) is 18.1. The van der Waals surface area contributed by atoms with Crippen molar-refractivity contribution in [1.82, 2.24) is 4.90 Å². The second-order valence-corrected chi connectivity index (χ2v) is 6.79. The fourth-order valence-electron chi connectivity index (χ4n) is 3.77. The van der Waals surface area contributed by atoms with E-state index < -0.39 is 30.5 Å². The van der Waals surface area contributed by atoms with E-state index in [4.69, 9.17) is 5.11 Å². The van der Waals surface area contributed by atoms with Crippen LogP contribution in [0, 0.1) is 17.8 Å². The Hall–Kier alpha value is -1.27. The number of halogens is 3. The third-order valence-corrected chi connectivity index (χ3v) is 5.14. The second kappa shape index (κ2) is 7.53. The molecule has 1 N–H and O–H groups in total. The number of hydrogen-bond donors (Lipinski definition) is 1. The van der Waals surface area contributed by atoms with Gasteiger partial charge in [0.1, 0.15) is 0 Å². The lowest BCUT2D eigenvalue weighted by molar-refractivity contribution is -0.188. The van der Waals surface area contributed by atoms with Gasteiger partial charge in [0.05, 0.1) is 11.8 Å². The highest BCUT2D eigenvalue weighted by Gasteiger charge is 2.53. The molecule has 2 rings (SSSR count). The molecule has 0 aromatic heterocycles. The number of rotatable bonds is 5. The SMILES string of the molecule is O=C(O)[C@@H]1CN(C(=O)CCCC2CCCCC2)C[C@H]1C(F)(F)F. The summed E-state index contributed by atoms with van der Waals surface area (Å²) >= 11 is 0. The van der Waals surface area contributed by atoms with E-state index in [9.17, 15) is 22.8 Å². The summed E-state index contributed by atoms with van der Waals surface area (Å²) in [5, 5.41) is 8.95. The lowest BCUT2D eigenvalue weighted by Crippen LogP contribution is -2.34. The van der Waals surface area contributed by atoms with Crippen molar-refractivity contribution >= 4 is 11.9 Å². The number of aliphatic carboxylic acids is 1. The number of carboxylic acids is 1. The maximum Gasteiger partial charge on any atom is 0.394 e. The molecule has 0 spiro atoms. The summed E-state index contributed by atoms with van der Waals surface area (Å²) in [4.78, 5) is 24.2. The van der Waals surface area contributed by atoms with Crippen LogP contribution in [-0.4, -0.2) is 41.1 Å². The van der Waals surface area contributed by atoms with E-state index in [1.807, 2.05) is 0 Å². The molecule has 0 unspecified atom stereocenters. The van der Waals surface area contributed by atoms with Gasteiger partial charge in [-0.2, -0.15) is 13.2 Å². The standard InChI is InChI=1S/C16H24F3NO3/c17-16(18,19)13-10-20(9-12(13)15(22)23)14(21)8-4-7-11-5-2-1-3-6-11/h11-13H,1-10H2,(H,22,23)/t12-,13-/m1/s1. The van der Waals surface area contributed by atoms with Crippen molar-refractivity contribution in [2.45, 2.75) is 57.5 Å². The van der Waals surface area contributed by atoms with E-state index in [-0.39, 0.29) is 18.9 Å². The van der Waals surface area contributed by atoms with E-state index in [1.54, 1.807) is 0 Å². The summed E-state index contributed by atoms with van der Waals surface area (Å²) < 4.78 is 38.7. The van der Waals surface area contributed by atoms with Crippen LogP contribution in [0.4, 0.5) is 13.2 Å². The molecule has 7 heteroatoms. The summed E-state index contributed by atoms with van der Waals surface area (Å²) in [5.74, 6) is -4.70. The molecule has 1 amide bonds. The van der Waals surface area contributed by atoms with Gasteiger partial charge >= 0.3 is 12.1 Å². The fourth-order valence-corrected chi connectivity index (χ4v) is 3.77. The van der Waals surface area contributed by atoms with Gasteiger partial charge in [-0.25, -0.2) is 0 Å². The number of alkyl halides is 3. The minimum atomic E-state index is -4.58. The Labute approximate surface area is 134 Å². The van der Waals surface area contributed by atoms with Crippen molar-refractivity contribution in [2.75, 3.05) is 13.1 Å². The molecule has 0 aromatic carbocycles. The van der Waals surface area contributed by atoms with E-state index in [1.165, 1.54) is 32.1 Å². The first-order valence-electron chi connectivity index (χ1n) is 8.36. The molecule has 0 aromatic rings. The smallest absolute Gasteiger partial charge is 0.394 e. The van der Waals surface area contributed by atoms with Gasteiger partial charge in [0.15, 0.2) is 0 Å². The molecule has 1 saturated carbocycles. The Kier molecular flexibility index (Phi) is 5.92. The number of carbonyl (C=O) groups excluding carboxylic acids is 1. The number of likely N-dealkylation sites (tertiary alicyclic amines) is 1. The van der Waals surface area contributed by atoms with E-state index in [2.05, 4.69) is 0 Å². The molecule has 1 saturated heterocycles. The Morgan fingerprint density at radius 1 is 1.09 bits per heavy atom. The maximum atomic E-state index is 12.9. The number of carboxylic acid groups (broad SMARTS) is 1. The first-order valence-corrected chi connectivity index (χ1v) is 8.36. The largest absolute Gasteiger partial charge is 0.481 e. The number of nitrogens with zero attached hydrogens (tertiary/aromatic N) is 1. The minimum absolute atomic E-state index is 0.216. The van der Waals surface area contributed by atoms with Crippen LogP contribution in [0.1, 0.15) is 51.4 Å². The summed E-state index contributed by atoms with van der Waals surface area (Å²) in [6.07, 6.45) is 3.30. The third-order valence-electron chi connectivity index (χ3n) is 5.14. The Balaban J connectivity index is 1.81. The number of hydrogen-bond acceptors (Lipinski definition) is 2. The second-order valence-electron chi connectivity index (χ2n) is 6.79. The van der Waals surface area contributed by atoms with Crippen LogP contribution in [0.2, 0.25) is 0 Å². The van der Waals surface area contributed by atoms with Crippen molar-refractivity contribution in [3.05, 3.63) is 0 Å². The van der Waals surface area contributed by atoms with Crippen LogP contribution in [0.5, 0.6) is 0 Å². The molecule has 0 bridgehead atoms. The Morgan fingerprint density at radius 3 is 2.26 bits per heavy atom. The summed E-state index contributed by atoms with van der Waals surface area (Å²) in [6.45, 7) is -0.857. The monoisotopic (exact) mass is 335 g/mol. The lowest BCUT2D eigenvalue weighted by Gasteiger charge is -2.22. The predicted molar refractivity (Wildman–Crippen MR) is 77.7 cm³/mol. The highest BCUT2D eigenvalue weighted by Crippen LogP contribution is 2.38. The normalized spacial score (nSPS) is 26.5. The van der Waals surface area contributed by atoms with Crippen molar-refractivity contribution in [2.24, 2.45) is 17.8 Å². The molecular weight excluding hydrogens is 311 g/mol. The zero-order valence-corrected chi connectivity index (χ0v) is 13.1. The summed E-state index contributed by atoms with van der Waals surface area (Å²) in [5.41, 5.74) is 0. The molecular formula is C16H24F3NO3. The quantitative estimate of drug-likeness (QED) is 0.837. The van der Waals surface area contributed by atoms with Gasteiger partial charge in [-0.1, -0.05) is 32.1 Å². The molecule has 2 atom stereocenters. The van der Waals surface area contributed by atoms with Gasteiger partial charge in [0.2, 0.25) is 5.91 Å². The van der Waals surface area contributed by atoms with Gasteiger partial charge in [-0.3, -0.25) is 9.59 Å². The molecule has 4 nitrogen and oxygen atoms in total. The molecule has 1 heterocycles. The molecule has 0 radical (unpaired) electrons. The zero-order valence-electron chi connectivity index (χ0n) is 13.1. The average molecular weight is 335 g/mol. The Morgan fingerprint density at radius 2 is 1.74 bits per heavy atom. The molecule has 2 fully saturated rings. The molecule has 1 aliphatic heterocycles. The number of carbonyl (C=O) groups is 2. The minimum Gasteiger partial charge on any atom is -0.481 e. The third kappa shape index (κ3) is 4.85. The van der Waals surface area contributed by atoms with Gasteiger partial charge < -0.3 is 10.0 Å². The van der Waals surface area contributed by atoms with Crippen molar-refractivity contribution in [3.8, 4) is 0 Å². The van der Waals surface area contributed by atoms with Gasteiger partial charge in [0, 0.05) is 19.5 Å². The van der Waals surface area contributed by atoms with Crippen molar-refractivity contribution < 1.29 is 27.9 Å². The molecule has 23 heavy (non-hydrogen) atoms. The van der Waals surface area contributed by atoms with Crippen molar-refractivity contribution in [1.29, 1.82) is 0 Å². The topological polar surface area (TPSA) is 57.6 Å².